The molecule has 0 fully saturated rings. The van der Waals surface area contributed by atoms with Gasteiger partial charge in [-0.05, 0) is 42.0 Å². The number of hydrogen-bond donors (Lipinski definition) is 1. The molecule has 1 heterocycles. The highest BCUT2D eigenvalue weighted by Crippen LogP contribution is 2.16. The number of hydrogen-bond acceptors (Lipinski definition) is 4. The van der Waals surface area contributed by atoms with Gasteiger partial charge in [0.1, 0.15) is 31.5 Å². The van der Waals surface area contributed by atoms with E-state index < -0.39 is 25.4 Å². The Balaban J connectivity index is 1.49. The summed E-state index contributed by atoms with van der Waals surface area (Å²) in [6, 6.07) is 12.3. The van der Waals surface area contributed by atoms with Crippen LogP contribution in [0.4, 0.5) is 23.2 Å². The smallest absolute Gasteiger partial charge is 0.411 e. The van der Waals surface area contributed by atoms with E-state index in [1.165, 1.54) is 36.7 Å². The molecule has 0 radical (unpaired) electrons. The van der Waals surface area contributed by atoms with Crippen molar-refractivity contribution in [1.82, 2.24) is 9.78 Å². The Morgan fingerprint density at radius 1 is 1.07 bits per heavy atom. The predicted octanol–water partition coefficient (Wildman–Crippen LogP) is 4.39. The lowest BCUT2D eigenvalue weighted by Gasteiger charge is -2.08. The minimum Gasteiger partial charge on any atom is -0.489 e. The molecule has 3 aromatic rings. The average Bonchev–Trinajstić information content (AvgIpc) is 3.14. The van der Waals surface area contributed by atoms with Gasteiger partial charge in [-0.2, -0.15) is 18.3 Å². The van der Waals surface area contributed by atoms with Gasteiger partial charge in [0.2, 0.25) is 0 Å². The third-order valence-electron chi connectivity index (χ3n) is 3.82. The summed E-state index contributed by atoms with van der Waals surface area (Å²) in [5.41, 5.74) is 1.51. The fourth-order valence-electron chi connectivity index (χ4n) is 2.41. The summed E-state index contributed by atoms with van der Waals surface area (Å²) < 4.78 is 60.3. The molecular formula is C20H17F4N3O3. The lowest BCUT2D eigenvalue weighted by molar-refractivity contribution is -0.182. The van der Waals surface area contributed by atoms with Crippen LogP contribution in [0.15, 0.2) is 60.9 Å². The number of nitrogens with zero attached hydrogens (tertiary/aromatic N) is 2. The summed E-state index contributed by atoms with van der Waals surface area (Å²) in [5.74, 6) is -0.233. The van der Waals surface area contributed by atoms with Crippen LogP contribution in [0, 0.1) is 5.82 Å². The topological polar surface area (TPSA) is 65.4 Å². The molecule has 1 N–H and O–H groups in total. The summed E-state index contributed by atoms with van der Waals surface area (Å²) in [6.45, 7) is -1.53. The molecule has 0 saturated carbocycles. The lowest BCUT2D eigenvalue weighted by Crippen LogP contribution is -2.18. The van der Waals surface area contributed by atoms with Crippen LogP contribution >= 0.6 is 0 Å². The Kier molecular flexibility index (Phi) is 6.68. The van der Waals surface area contributed by atoms with Gasteiger partial charge in [0, 0.05) is 5.56 Å². The third-order valence-corrected chi connectivity index (χ3v) is 3.82. The number of nitrogens with one attached hydrogen (secondary N) is 1. The Morgan fingerprint density at radius 2 is 1.77 bits per heavy atom. The predicted molar refractivity (Wildman–Crippen MR) is 99.4 cm³/mol. The zero-order chi connectivity index (χ0) is 21.6. The molecule has 3 rings (SSSR count). The minimum atomic E-state index is -4.42. The van der Waals surface area contributed by atoms with Gasteiger partial charge in [0.15, 0.2) is 0 Å². The molecule has 10 heteroatoms. The van der Waals surface area contributed by atoms with Crippen LogP contribution in [-0.4, -0.2) is 28.5 Å². The first kappa shape index (κ1) is 21.3. The van der Waals surface area contributed by atoms with Crippen LogP contribution in [0.2, 0.25) is 0 Å². The van der Waals surface area contributed by atoms with Crippen LogP contribution in [0.3, 0.4) is 0 Å². The van der Waals surface area contributed by atoms with Crippen LogP contribution in [0.1, 0.15) is 15.9 Å². The van der Waals surface area contributed by atoms with E-state index in [0.29, 0.717) is 17.0 Å². The molecule has 0 atom stereocenters. The van der Waals surface area contributed by atoms with Crippen molar-refractivity contribution in [2.75, 3.05) is 11.9 Å². The van der Waals surface area contributed by atoms with Gasteiger partial charge in [-0.15, -0.1) is 0 Å². The van der Waals surface area contributed by atoms with Gasteiger partial charge >= 0.3 is 6.18 Å². The van der Waals surface area contributed by atoms with Gasteiger partial charge in [-0.25, -0.2) is 9.07 Å². The van der Waals surface area contributed by atoms with E-state index in [0.717, 1.165) is 10.2 Å². The first-order valence-electron chi connectivity index (χ1n) is 8.74. The number of carbonyl (C=O) groups is 1. The summed E-state index contributed by atoms with van der Waals surface area (Å²) >= 11 is 0. The molecule has 0 spiro atoms. The van der Waals surface area contributed by atoms with E-state index in [4.69, 9.17) is 4.74 Å². The monoisotopic (exact) mass is 423 g/mol. The van der Waals surface area contributed by atoms with E-state index in [-0.39, 0.29) is 12.4 Å². The first-order valence-corrected chi connectivity index (χ1v) is 8.74. The van der Waals surface area contributed by atoms with E-state index in [1.54, 1.807) is 24.3 Å². The van der Waals surface area contributed by atoms with E-state index in [2.05, 4.69) is 15.2 Å². The molecule has 158 valence electrons. The summed E-state index contributed by atoms with van der Waals surface area (Å²) in [5, 5.41) is 6.43. The zero-order valence-electron chi connectivity index (χ0n) is 15.5. The molecule has 0 aliphatic carbocycles. The van der Waals surface area contributed by atoms with Crippen LogP contribution < -0.4 is 10.1 Å². The second kappa shape index (κ2) is 9.40. The molecule has 0 bridgehead atoms. The molecule has 0 saturated heterocycles. The fraction of sp³-hybridized carbons (Fsp3) is 0.200. The molecule has 1 aromatic heterocycles. The zero-order valence-corrected chi connectivity index (χ0v) is 15.5. The van der Waals surface area contributed by atoms with Gasteiger partial charge in [0.25, 0.3) is 5.91 Å². The Hall–Kier alpha value is -3.40. The SMILES string of the molecule is O=C(Nc1cnn(COCC(F)(F)F)c1)c1ccc(COc2ccc(F)cc2)cc1. The van der Waals surface area contributed by atoms with Gasteiger partial charge in [-0.3, -0.25) is 4.79 Å². The Bertz CT molecular complexity index is 970. The minimum absolute atomic E-state index is 0.248. The van der Waals surface area contributed by atoms with Crippen molar-refractivity contribution in [2.24, 2.45) is 0 Å². The van der Waals surface area contributed by atoms with Crippen LogP contribution in [0.25, 0.3) is 0 Å². The Morgan fingerprint density at radius 3 is 2.43 bits per heavy atom. The van der Waals surface area contributed by atoms with Crippen molar-refractivity contribution in [3.05, 3.63) is 77.9 Å². The lowest BCUT2D eigenvalue weighted by atomic mass is 10.1. The molecule has 6 nitrogen and oxygen atoms in total. The Labute approximate surface area is 169 Å². The summed E-state index contributed by atoms with van der Waals surface area (Å²) in [7, 11) is 0. The molecule has 1 amide bonds. The maximum Gasteiger partial charge on any atom is 0.411 e. The highest BCUT2D eigenvalue weighted by Gasteiger charge is 2.27. The standard InChI is InChI=1S/C20H17F4N3O3/c21-16-5-7-18(8-6-16)30-11-14-1-3-15(4-2-14)19(28)26-17-9-25-27(10-17)13-29-12-20(22,23)24/h1-10H,11-13H2,(H,26,28). The molecule has 0 unspecified atom stereocenters. The number of carbonyl (C=O) groups excluding carboxylic acids is 1. The number of benzene rings is 2. The third kappa shape index (κ3) is 6.59. The van der Waals surface area contributed by atoms with Crippen molar-refractivity contribution in [1.29, 1.82) is 0 Å². The number of amides is 1. The first-order chi connectivity index (χ1) is 14.3. The van der Waals surface area contributed by atoms with E-state index in [1.807, 2.05) is 0 Å². The van der Waals surface area contributed by atoms with Gasteiger partial charge in [-0.1, -0.05) is 12.1 Å². The molecule has 0 aliphatic rings. The van der Waals surface area contributed by atoms with Crippen molar-refractivity contribution in [3.63, 3.8) is 0 Å². The number of ether oxygens (including phenoxy) is 2. The second-order valence-electron chi connectivity index (χ2n) is 6.25. The van der Waals surface area contributed by atoms with Crippen molar-refractivity contribution >= 4 is 11.6 Å². The normalized spacial score (nSPS) is 11.3. The summed E-state index contributed by atoms with van der Waals surface area (Å²) in [6.07, 6.45) is -1.75. The number of anilines is 1. The largest absolute Gasteiger partial charge is 0.489 e. The van der Waals surface area contributed by atoms with Gasteiger partial charge in [0.05, 0.1) is 18.1 Å². The molecule has 2 aromatic carbocycles. The second-order valence-corrected chi connectivity index (χ2v) is 6.25. The number of rotatable bonds is 8. The van der Waals surface area contributed by atoms with E-state index >= 15 is 0 Å². The molecular weight excluding hydrogens is 406 g/mol. The summed E-state index contributed by atoms with van der Waals surface area (Å²) in [4.78, 5) is 12.3. The van der Waals surface area contributed by atoms with Crippen LogP contribution in [-0.2, 0) is 18.1 Å². The number of halogens is 4. The van der Waals surface area contributed by atoms with Crippen molar-refractivity contribution in [2.45, 2.75) is 19.5 Å². The fourth-order valence-corrected chi connectivity index (χ4v) is 2.41. The average molecular weight is 423 g/mol. The highest BCUT2D eigenvalue weighted by molar-refractivity contribution is 6.04. The quantitative estimate of drug-likeness (QED) is 0.546. The molecule has 0 aliphatic heterocycles. The van der Waals surface area contributed by atoms with E-state index in [9.17, 15) is 22.4 Å². The van der Waals surface area contributed by atoms with Crippen molar-refractivity contribution in [3.8, 4) is 5.75 Å². The number of alkyl halides is 3. The van der Waals surface area contributed by atoms with Crippen LogP contribution in [0.5, 0.6) is 5.75 Å². The highest BCUT2D eigenvalue weighted by atomic mass is 19.4. The van der Waals surface area contributed by atoms with Gasteiger partial charge < -0.3 is 14.8 Å². The number of aromatic nitrogens is 2. The van der Waals surface area contributed by atoms with Crippen molar-refractivity contribution < 1.29 is 31.8 Å². The maximum atomic E-state index is 12.9. The maximum absolute atomic E-state index is 12.9. The molecule has 30 heavy (non-hydrogen) atoms.